The lowest BCUT2D eigenvalue weighted by atomic mass is 9.85. The molecule has 1 aromatic carbocycles. The summed E-state index contributed by atoms with van der Waals surface area (Å²) in [6, 6.07) is 8.07. The van der Waals surface area contributed by atoms with E-state index >= 15 is 0 Å². The first-order chi connectivity index (χ1) is 10.5. The highest BCUT2D eigenvalue weighted by Gasteiger charge is 2.37. The molecular weight excluding hydrogens is 283 g/mol. The van der Waals surface area contributed by atoms with Gasteiger partial charge in [-0.15, -0.1) is 0 Å². The van der Waals surface area contributed by atoms with Gasteiger partial charge in [-0.2, -0.15) is 0 Å². The van der Waals surface area contributed by atoms with Crippen LogP contribution in [0.1, 0.15) is 18.4 Å². The van der Waals surface area contributed by atoms with E-state index in [2.05, 4.69) is 5.23 Å². The van der Waals surface area contributed by atoms with E-state index in [1.54, 1.807) is 6.82 Å². The third-order valence-corrected chi connectivity index (χ3v) is 3.84. The molecule has 1 aliphatic rings. The lowest BCUT2D eigenvalue weighted by molar-refractivity contribution is -0.148. The van der Waals surface area contributed by atoms with Crippen LogP contribution in [-0.4, -0.2) is 52.6 Å². The first-order valence-electron chi connectivity index (χ1n) is 7.50. The summed E-state index contributed by atoms with van der Waals surface area (Å²) in [4.78, 5) is 25.4. The molecule has 118 valence electrons. The normalized spacial score (nSPS) is 19.0. The minimum absolute atomic E-state index is 0.269. The van der Waals surface area contributed by atoms with E-state index < -0.39 is 25.1 Å². The molecule has 0 bridgehead atoms. The Morgan fingerprint density at radius 1 is 1.41 bits per heavy atom. The summed E-state index contributed by atoms with van der Waals surface area (Å²) < 4.78 is 0. The summed E-state index contributed by atoms with van der Waals surface area (Å²) in [5.74, 6) is -1.24. The molecule has 1 aliphatic heterocycles. The fraction of sp³-hybridized carbons (Fsp3) is 0.467. The summed E-state index contributed by atoms with van der Waals surface area (Å²) in [7, 11) is -0.844. The predicted octanol–water partition coefficient (Wildman–Crippen LogP) is 0.373. The SMILES string of the molecule is CB(O)N[C@H](Cc1ccccc1)C(=O)N1CCC[C@H]1C(=O)O. The van der Waals surface area contributed by atoms with Gasteiger partial charge in [0.15, 0.2) is 0 Å². The predicted molar refractivity (Wildman–Crippen MR) is 83.3 cm³/mol. The molecule has 0 unspecified atom stereocenters. The zero-order chi connectivity index (χ0) is 16.1. The summed E-state index contributed by atoms with van der Waals surface area (Å²) in [5, 5.41) is 21.6. The van der Waals surface area contributed by atoms with Crippen LogP contribution in [-0.2, 0) is 16.0 Å². The minimum Gasteiger partial charge on any atom is -0.480 e. The molecule has 0 saturated carbocycles. The number of carboxylic acid groups (broad SMARTS) is 1. The van der Waals surface area contributed by atoms with E-state index in [0.29, 0.717) is 25.8 Å². The van der Waals surface area contributed by atoms with Crippen molar-refractivity contribution in [2.45, 2.75) is 38.2 Å². The highest BCUT2D eigenvalue weighted by Crippen LogP contribution is 2.19. The highest BCUT2D eigenvalue weighted by molar-refractivity contribution is 6.46. The van der Waals surface area contributed by atoms with Crippen LogP contribution in [0.25, 0.3) is 0 Å². The van der Waals surface area contributed by atoms with Gasteiger partial charge in [0, 0.05) is 6.54 Å². The molecule has 1 saturated heterocycles. The second-order valence-corrected chi connectivity index (χ2v) is 5.61. The van der Waals surface area contributed by atoms with Crippen molar-refractivity contribution in [2.75, 3.05) is 6.54 Å². The Kier molecular flexibility index (Phi) is 5.57. The number of carbonyl (C=O) groups is 2. The largest absolute Gasteiger partial charge is 0.480 e. The third kappa shape index (κ3) is 4.08. The number of hydrogen-bond acceptors (Lipinski definition) is 4. The van der Waals surface area contributed by atoms with E-state index in [1.165, 1.54) is 4.90 Å². The average Bonchev–Trinajstić information content (AvgIpc) is 2.96. The van der Waals surface area contributed by atoms with Gasteiger partial charge in [0.05, 0.1) is 6.04 Å². The van der Waals surface area contributed by atoms with Crippen LogP contribution in [0.4, 0.5) is 0 Å². The Labute approximate surface area is 130 Å². The van der Waals surface area contributed by atoms with Crippen LogP contribution in [0.3, 0.4) is 0 Å². The van der Waals surface area contributed by atoms with Crippen LogP contribution < -0.4 is 5.23 Å². The van der Waals surface area contributed by atoms with E-state index in [1.807, 2.05) is 30.3 Å². The van der Waals surface area contributed by atoms with Gasteiger partial charge < -0.3 is 20.3 Å². The molecule has 0 spiro atoms. The molecule has 7 heteroatoms. The van der Waals surface area contributed by atoms with E-state index in [-0.39, 0.29) is 5.91 Å². The van der Waals surface area contributed by atoms with Crippen molar-refractivity contribution < 1.29 is 19.7 Å². The van der Waals surface area contributed by atoms with Crippen molar-refractivity contribution in [1.29, 1.82) is 0 Å². The van der Waals surface area contributed by atoms with Crippen molar-refractivity contribution in [1.82, 2.24) is 10.1 Å². The maximum atomic E-state index is 12.7. The van der Waals surface area contributed by atoms with Gasteiger partial charge in [-0.05, 0) is 31.6 Å². The summed E-state index contributed by atoms with van der Waals surface area (Å²) in [6.07, 6.45) is 1.58. The number of rotatable bonds is 6. The van der Waals surface area contributed by atoms with Gasteiger partial charge in [-0.1, -0.05) is 30.3 Å². The van der Waals surface area contributed by atoms with Crippen LogP contribution in [0.15, 0.2) is 30.3 Å². The van der Waals surface area contributed by atoms with E-state index in [4.69, 9.17) is 0 Å². The van der Waals surface area contributed by atoms with Crippen molar-refractivity contribution in [3.8, 4) is 0 Å². The Morgan fingerprint density at radius 3 is 2.68 bits per heavy atom. The molecule has 22 heavy (non-hydrogen) atoms. The third-order valence-electron chi connectivity index (χ3n) is 3.84. The van der Waals surface area contributed by atoms with Crippen LogP contribution in [0.2, 0.25) is 6.82 Å². The number of carbonyl (C=O) groups excluding carboxylic acids is 1. The molecule has 6 nitrogen and oxygen atoms in total. The number of carboxylic acids is 1. The smallest absolute Gasteiger partial charge is 0.374 e. The van der Waals surface area contributed by atoms with Crippen molar-refractivity contribution in [3.63, 3.8) is 0 Å². The number of hydrogen-bond donors (Lipinski definition) is 3. The molecule has 3 N–H and O–H groups in total. The van der Waals surface area contributed by atoms with Crippen molar-refractivity contribution >= 4 is 18.9 Å². The Morgan fingerprint density at radius 2 is 2.09 bits per heavy atom. The van der Waals surface area contributed by atoms with Gasteiger partial charge in [0.25, 0.3) is 0 Å². The van der Waals surface area contributed by atoms with Crippen LogP contribution >= 0.6 is 0 Å². The monoisotopic (exact) mass is 304 g/mol. The molecular formula is C15H21BN2O4. The van der Waals surface area contributed by atoms with Crippen LogP contribution in [0, 0.1) is 0 Å². The van der Waals surface area contributed by atoms with Gasteiger partial charge in [0.1, 0.15) is 6.04 Å². The number of nitrogens with zero attached hydrogens (tertiary/aromatic N) is 1. The van der Waals surface area contributed by atoms with Gasteiger partial charge in [-0.3, -0.25) is 4.79 Å². The fourth-order valence-corrected chi connectivity index (χ4v) is 2.85. The zero-order valence-corrected chi connectivity index (χ0v) is 12.6. The molecule has 1 heterocycles. The zero-order valence-electron chi connectivity index (χ0n) is 12.6. The second-order valence-electron chi connectivity index (χ2n) is 5.61. The first kappa shape index (κ1) is 16.5. The van der Waals surface area contributed by atoms with Gasteiger partial charge in [-0.25, -0.2) is 4.79 Å². The topological polar surface area (TPSA) is 89.9 Å². The number of nitrogens with one attached hydrogen (secondary N) is 1. The van der Waals surface area contributed by atoms with E-state index in [9.17, 15) is 19.7 Å². The molecule has 1 aromatic rings. The lowest BCUT2D eigenvalue weighted by Gasteiger charge is -2.28. The van der Waals surface area contributed by atoms with Crippen LogP contribution in [0.5, 0.6) is 0 Å². The lowest BCUT2D eigenvalue weighted by Crippen LogP contribution is -2.54. The maximum Gasteiger partial charge on any atom is 0.374 e. The van der Waals surface area contributed by atoms with Gasteiger partial charge in [0.2, 0.25) is 5.91 Å². The van der Waals surface area contributed by atoms with Gasteiger partial charge >= 0.3 is 13.0 Å². The first-order valence-corrected chi connectivity index (χ1v) is 7.50. The Hall–Kier alpha value is -1.86. The summed E-state index contributed by atoms with van der Waals surface area (Å²) in [6.45, 7) is 1.99. The molecule has 1 amide bonds. The quantitative estimate of drug-likeness (QED) is 0.661. The van der Waals surface area contributed by atoms with Crippen molar-refractivity contribution in [2.24, 2.45) is 0 Å². The highest BCUT2D eigenvalue weighted by atomic mass is 16.4. The Bertz CT molecular complexity index is 524. The molecule has 2 rings (SSSR count). The Balaban J connectivity index is 2.14. The number of likely N-dealkylation sites (tertiary alicyclic amines) is 1. The molecule has 1 fully saturated rings. The fourth-order valence-electron chi connectivity index (χ4n) is 2.85. The van der Waals surface area contributed by atoms with E-state index in [0.717, 1.165) is 5.56 Å². The number of benzene rings is 1. The standard InChI is InChI=1S/C15H21BN2O4/c1-16(22)17-12(10-11-6-3-2-4-7-11)14(19)18-9-5-8-13(18)15(20)21/h2-4,6-7,12-13,17,22H,5,8-10H2,1H3,(H,20,21)/t12-,13+/m1/s1. The second kappa shape index (κ2) is 7.42. The van der Waals surface area contributed by atoms with Crippen molar-refractivity contribution in [3.05, 3.63) is 35.9 Å². The molecule has 0 radical (unpaired) electrons. The maximum absolute atomic E-state index is 12.7. The molecule has 0 aliphatic carbocycles. The molecule has 2 atom stereocenters. The number of aliphatic carboxylic acids is 1. The summed E-state index contributed by atoms with van der Waals surface area (Å²) in [5.41, 5.74) is 0.958. The summed E-state index contributed by atoms with van der Waals surface area (Å²) >= 11 is 0. The molecule has 0 aromatic heterocycles. The number of amides is 1. The average molecular weight is 304 g/mol. The minimum atomic E-state index is -0.971.